The van der Waals surface area contributed by atoms with E-state index in [1.807, 2.05) is 13.0 Å². The molecule has 4 rings (SSSR count). The van der Waals surface area contributed by atoms with Gasteiger partial charge in [0.1, 0.15) is 22.6 Å². The third-order valence-electron chi connectivity index (χ3n) is 4.89. The normalized spacial score (nSPS) is 14.1. The SMILES string of the molecule is Cc1ccc(-c2ccc(C=Nc3sc4c(c3C#N)CCN(C)C4)o2)c([N+](=O)[O-])c1. The van der Waals surface area contributed by atoms with Gasteiger partial charge in [-0.3, -0.25) is 10.1 Å². The van der Waals surface area contributed by atoms with Crippen molar-refractivity contribution in [2.45, 2.75) is 19.9 Å². The van der Waals surface area contributed by atoms with Gasteiger partial charge in [-0.2, -0.15) is 5.26 Å². The van der Waals surface area contributed by atoms with Crippen molar-refractivity contribution in [2.24, 2.45) is 4.99 Å². The summed E-state index contributed by atoms with van der Waals surface area (Å²) < 4.78 is 5.77. The standard InChI is InChI=1S/C21H18N4O3S/c1-13-3-5-16(18(9-13)25(26)27)19-6-4-14(28-19)11-23-21-17(10-22)15-7-8-24(2)12-20(15)29-21/h3-6,9,11H,7-8,12H2,1-2H3. The Hall–Kier alpha value is -3.28. The molecule has 0 atom stereocenters. The number of rotatable bonds is 4. The molecule has 0 saturated carbocycles. The minimum absolute atomic E-state index is 0.00431. The lowest BCUT2D eigenvalue weighted by Gasteiger charge is -2.21. The zero-order valence-electron chi connectivity index (χ0n) is 16.0. The van der Waals surface area contributed by atoms with Gasteiger partial charge in [0.25, 0.3) is 5.69 Å². The summed E-state index contributed by atoms with van der Waals surface area (Å²) in [6.45, 7) is 3.56. The van der Waals surface area contributed by atoms with Gasteiger partial charge in [0.05, 0.1) is 22.3 Å². The maximum Gasteiger partial charge on any atom is 0.280 e. The highest BCUT2D eigenvalue weighted by Crippen LogP contribution is 2.38. The molecule has 3 aromatic rings. The summed E-state index contributed by atoms with van der Waals surface area (Å²) >= 11 is 1.53. The molecule has 0 saturated heterocycles. The molecule has 0 bridgehead atoms. The predicted molar refractivity (Wildman–Crippen MR) is 112 cm³/mol. The van der Waals surface area contributed by atoms with Crippen LogP contribution >= 0.6 is 11.3 Å². The highest BCUT2D eigenvalue weighted by molar-refractivity contribution is 7.16. The van der Waals surface area contributed by atoms with E-state index in [0.29, 0.717) is 27.6 Å². The first-order valence-electron chi connectivity index (χ1n) is 9.08. The summed E-state index contributed by atoms with van der Waals surface area (Å²) in [5, 5.41) is 21.6. The third kappa shape index (κ3) is 3.70. The molecule has 3 heterocycles. The molecule has 7 nitrogen and oxygen atoms in total. The molecule has 29 heavy (non-hydrogen) atoms. The number of hydrogen-bond donors (Lipinski definition) is 0. The van der Waals surface area contributed by atoms with E-state index < -0.39 is 4.92 Å². The molecule has 0 N–H and O–H groups in total. The molecule has 1 aliphatic heterocycles. The number of thiophene rings is 1. The third-order valence-corrected chi connectivity index (χ3v) is 6.02. The molecule has 2 aromatic heterocycles. The number of likely N-dealkylation sites (N-methyl/N-ethyl adjacent to an activating group) is 1. The van der Waals surface area contributed by atoms with Gasteiger partial charge in [-0.25, -0.2) is 4.99 Å². The van der Waals surface area contributed by atoms with E-state index in [4.69, 9.17) is 4.42 Å². The number of furan rings is 1. The smallest absolute Gasteiger partial charge is 0.280 e. The number of nitro benzene ring substituents is 1. The number of nitrogens with zero attached hydrogens (tertiary/aromatic N) is 4. The van der Waals surface area contributed by atoms with Crippen LogP contribution in [0.5, 0.6) is 0 Å². The van der Waals surface area contributed by atoms with Crippen LogP contribution in [-0.4, -0.2) is 29.6 Å². The van der Waals surface area contributed by atoms with Gasteiger partial charge in [-0.1, -0.05) is 6.07 Å². The monoisotopic (exact) mass is 406 g/mol. The lowest BCUT2D eigenvalue weighted by atomic mass is 10.0. The van der Waals surface area contributed by atoms with Gasteiger partial charge in [0.15, 0.2) is 0 Å². The van der Waals surface area contributed by atoms with Crippen molar-refractivity contribution in [3.63, 3.8) is 0 Å². The van der Waals surface area contributed by atoms with Crippen molar-refractivity contribution >= 4 is 28.2 Å². The van der Waals surface area contributed by atoms with Gasteiger partial charge in [-0.05, 0) is 49.7 Å². The van der Waals surface area contributed by atoms with Crippen LogP contribution in [0.4, 0.5) is 10.7 Å². The summed E-state index contributed by atoms with van der Waals surface area (Å²) in [5.74, 6) is 0.882. The molecule has 0 unspecified atom stereocenters. The van der Waals surface area contributed by atoms with Crippen molar-refractivity contribution in [1.82, 2.24) is 4.90 Å². The lowest BCUT2D eigenvalue weighted by molar-refractivity contribution is -0.384. The van der Waals surface area contributed by atoms with Gasteiger partial charge in [-0.15, -0.1) is 11.3 Å². The van der Waals surface area contributed by atoms with Gasteiger partial charge in [0, 0.05) is 24.0 Å². The largest absolute Gasteiger partial charge is 0.455 e. The molecular weight excluding hydrogens is 388 g/mol. The molecule has 0 spiro atoms. The molecule has 1 aromatic carbocycles. The minimum Gasteiger partial charge on any atom is -0.455 e. The van der Waals surface area contributed by atoms with E-state index >= 15 is 0 Å². The van der Waals surface area contributed by atoms with Gasteiger partial charge >= 0.3 is 0 Å². The molecule has 0 amide bonds. The van der Waals surface area contributed by atoms with Crippen molar-refractivity contribution in [3.8, 4) is 17.4 Å². The van der Waals surface area contributed by atoms with Crippen LogP contribution < -0.4 is 0 Å². The van der Waals surface area contributed by atoms with Crippen LogP contribution in [0.2, 0.25) is 0 Å². The first kappa shape index (κ1) is 19.1. The van der Waals surface area contributed by atoms with Crippen LogP contribution in [0.15, 0.2) is 39.7 Å². The fourth-order valence-electron chi connectivity index (χ4n) is 3.41. The predicted octanol–water partition coefficient (Wildman–Crippen LogP) is 4.83. The van der Waals surface area contributed by atoms with E-state index in [0.717, 1.165) is 30.6 Å². The maximum atomic E-state index is 11.4. The maximum absolute atomic E-state index is 11.4. The number of hydrogen-bond acceptors (Lipinski definition) is 7. The van der Waals surface area contributed by atoms with E-state index in [1.54, 1.807) is 24.4 Å². The summed E-state index contributed by atoms with van der Waals surface area (Å²) in [7, 11) is 2.06. The topological polar surface area (TPSA) is 95.7 Å². The number of nitro groups is 1. The first-order chi connectivity index (χ1) is 14.0. The summed E-state index contributed by atoms with van der Waals surface area (Å²) in [4.78, 5) is 18.8. The number of aliphatic imine (C=N–C) groups is 1. The highest BCUT2D eigenvalue weighted by atomic mass is 32.1. The van der Waals surface area contributed by atoms with Crippen LogP contribution in [0, 0.1) is 28.4 Å². The molecule has 8 heteroatoms. The van der Waals surface area contributed by atoms with E-state index in [9.17, 15) is 15.4 Å². The number of aryl methyl sites for hydroxylation is 1. The Labute approximate surface area is 171 Å². The molecular formula is C21H18N4O3S. The number of nitriles is 1. The van der Waals surface area contributed by atoms with Crippen LogP contribution in [0.25, 0.3) is 11.3 Å². The second-order valence-electron chi connectivity index (χ2n) is 7.02. The summed E-state index contributed by atoms with van der Waals surface area (Å²) in [5.41, 5.74) is 2.97. The zero-order valence-corrected chi connectivity index (χ0v) is 16.8. The highest BCUT2D eigenvalue weighted by Gasteiger charge is 2.23. The van der Waals surface area contributed by atoms with Crippen molar-refractivity contribution < 1.29 is 9.34 Å². The average molecular weight is 406 g/mol. The summed E-state index contributed by atoms with van der Waals surface area (Å²) in [6.07, 6.45) is 2.41. The second-order valence-corrected chi connectivity index (χ2v) is 8.11. The fraction of sp³-hybridized carbons (Fsp3) is 0.238. The quantitative estimate of drug-likeness (QED) is 0.351. The van der Waals surface area contributed by atoms with Crippen molar-refractivity contribution in [1.29, 1.82) is 5.26 Å². The lowest BCUT2D eigenvalue weighted by Crippen LogP contribution is -2.25. The van der Waals surface area contributed by atoms with E-state index in [2.05, 4.69) is 23.0 Å². The van der Waals surface area contributed by atoms with Crippen molar-refractivity contribution in [2.75, 3.05) is 13.6 Å². The van der Waals surface area contributed by atoms with E-state index in [-0.39, 0.29) is 5.69 Å². The Balaban J connectivity index is 1.64. The Kier molecular flexibility index (Phi) is 5.01. The number of fused-ring (bicyclic) bond motifs is 1. The van der Waals surface area contributed by atoms with E-state index in [1.165, 1.54) is 22.3 Å². The van der Waals surface area contributed by atoms with Crippen LogP contribution in [0.3, 0.4) is 0 Å². The number of benzene rings is 1. The van der Waals surface area contributed by atoms with Gasteiger partial charge < -0.3 is 9.32 Å². The van der Waals surface area contributed by atoms with Crippen LogP contribution in [0.1, 0.15) is 27.3 Å². The molecule has 0 radical (unpaired) electrons. The second kappa shape index (κ2) is 7.62. The molecule has 146 valence electrons. The zero-order chi connectivity index (χ0) is 20.5. The Morgan fingerprint density at radius 3 is 2.97 bits per heavy atom. The Bertz CT molecular complexity index is 1170. The average Bonchev–Trinajstić information content (AvgIpc) is 3.29. The molecule has 0 fully saturated rings. The van der Waals surface area contributed by atoms with Crippen molar-refractivity contribution in [3.05, 3.63) is 67.8 Å². The minimum atomic E-state index is -0.412. The van der Waals surface area contributed by atoms with Gasteiger partial charge in [0.2, 0.25) is 0 Å². The summed E-state index contributed by atoms with van der Waals surface area (Å²) in [6, 6.07) is 10.7. The Morgan fingerprint density at radius 1 is 1.38 bits per heavy atom. The Morgan fingerprint density at radius 2 is 2.21 bits per heavy atom. The van der Waals surface area contributed by atoms with Crippen LogP contribution in [-0.2, 0) is 13.0 Å². The fourth-order valence-corrected chi connectivity index (χ4v) is 4.64. The molecule has 0 aliphatic carbocycles. The molecule has 1 aliphatic rings. The first-order valence-corrected chi connectivity index (χ1v) is 9.90.